The third-order valence-corrected chi connectivity index (χ3v) is 6.55. The minimum atomic E-state index is -0.819. The van der Waals surface area contributed by atoms with Gasteiger partial charge in [-0.1, -0.05) is 97.2 Å². The van der Waals surface area contributed by atoms with Gasteiger partial charge in [0, 0.05) is 35.1 Å². The largest absolute Gasteiger partial charge is 0.482 e. The summed E-state index contributed by atoms with van der Waals surface area (Å²) in [6.07, 6.45) is 0.310. The summed E-state index contributed by atoms with van der Waals surface area (Å²) in [5.41, 5.74) is 1.47. The molecule has 8 heteroatoms. The van der Waals surface area contributed by atoms with Crippen molar-refractivity contribution in [3.63, 3.8) is 0 Å². The van der Waals surface area contributed by atoms with Crippen molar-refractivity contribution in [2.75, 3.05) is 13.2 Å². The van der Waals surface area contributed by atoms with Gasteiger partial charge in [0.1, 0.15) is 11.8 Å². The number of benzene rings is 3. The van der Waals surface area contributed by atoms with Gasteiger partial charge in [-0.05, 0) is 35.7 Å². The van der Waals surface area contributed by atoms with Crippen molar-refractivity contribution in [3.05, 3.63) is 99.0 Å². The number of hydrogen-bond acceptors (Lipinski definition) is 3. The zero-order valence-corrected chi connectivity index (χ0v) is 22.5. The summed E-state index contributed by atoms with van der Waals surface area (Å²) < 4.78 is 5.74. The molecule has 0 aliphatic heterocycles. The molecule has 0 aliphatic carbocycles. The number of para-hydroxylation sites is 1. The highest BCUT2D eigenvalue weighted by atomic mass is 35.5. The van der Waals surface area contributed by atoms with Gasteiger partial charge in [-0.25, -0.2) is 0 Å². The summed E-state index contributed by atoms with van der Waals surface area (Å²) in [6.45, 7) is 4.23. The van der Waals surface area contributed by atoms with Crippen molar-refractivity contribution in [1.82, 2.24) is 10.2 Å². The lowest BCUT2D eigenvalue weighted by Gasteiger charge is -2.32. The van der Waals surface area contributed by atoms with E-state index >= 15 is 0 Å². The second-order valence-electron chi connectivity index (χ2n) is 8.79. The van der Waals surface area contributed by atoms with Crippen molar-refractivity contribution in [2.24, 2.45) is 5.92 Å². The lowest BCUT2D eigenvalue weighted by Crippen LogP contribution is -2.52. The van der Waals surface area contributed by atoms with Crippen LogP contribution >= 0.6 is 34.8 Å². The van der Waals surface area contributed by atoms with Gasteiger partial charge >= 0.3 is 0 Å². The predicted molar refractivity (Wildman–Crippen MR) is 146 cm³/mol. The second kappa shape index (κ2) is 13.5. The van der Waals surface area contributed by atoms with E-state index in [1.54, 1.807) is 42.5 Å². The molecule has 0 bridgehead atoms. The van der Waals surface area contributed by atoms with Crippen molar-refractivity contribution in [2.45, 2.75) is 32.9 Å². The van der Waals surface area contributed by atoms with Crippen molar-refractivity contribution >= 4 is 46.6 Å². The Morgan fingerprint density at radius 2 is 1.47 bits per heavy atom. The van der Waals surface area contributed by atoms with Crippen molar-refractivity contribution in [1.29, 1.82) is 0 Å². The molecule has 0 heterocycles. The quantitative estimate of drug-likeness (QED) is 0.301. The predicted octanol–water partition coefficient (Wildman–Crippen LogP) is 6.44. The molecule has 36 heavy (non-hydrogen) atoms. The van der Waals surface area contributed by atoms with Crippen LogP contribution < -0.4 is 10.1 Å². The molecular weight excluding hydrogens is 519 g/mol. The van der Waals surface area contributed by atoms with Crippen LogP contribution in [0.1, 0.15) is 25.0 Å². The molecule has 0 aliphatic rings. The van der Waals surface area contributed by atoms with Gasteiger partial charge in [0.25, 0.3) is 5.91 Å². The van der Waals surface area contributed by atoms with Gasteiger partial charge in [-0.2, -0.15) is 0 Å². The lowest BCUT2D eigenvalue weighted by atomic mass is 10.0. The number of carbonyl (C=O) groups is 2. The van der Waals surface area contributed by atoms with Crippen LogP contribution in [0, 0.1) is 5.92 Å². The van der Waals surface area contributed by atoms with Crippen LogP contribution in [0.25, 0.3) is 0 Å². The topological polar surface area (TPSA) is 58.6 Å². The third-order valence-electron chi connectivity index (χ3n) is 5.53. The number of ether oxygens (including phenoxy) is 1. The van der Waals surface area contributed by atoms with Crippen LogP contribution in [-0.4, -0.2) is 35.9 Å². The fourth-order valence-corrected chi connectivity index (χ4v) is 4.32. The Morgan fingerprint density at radius 3 is 2.11 bits per heavy atom. The van der Waals surface area contributed by atoms with E-state index in [9.17, 15) is 9.59 Å². The molecule has 3 rings (SSSR count). The third kappa shape index (κ3) is 7.89. The monoisotopic (exact) mass is 546 g/mol. The molecule has 1 N–H and O–H groups in total. The molecule has 0 aromatic heterocycles. The van der Waals surface area contributed by atoms with Gasteiger partial charge in [-0.15, -0.1) is 0 Å². The number of hydrogen-bond donors (Lipinski definition) is 1. The highest BCUT2D eigenvalue weighted by Gasteiger charge is 2.31. The van der Waals surface area contributed by atoms with E-state index in [4.69, 9.17) is 39.5 Å². The highest BCUT2D eigenvalue weighted by Crippen LogP contribution is 2.28. The summed E-state index contributed by atoms with van der Waals surface area (Å²) in [7, 11) is 0. The summed E-state index contributed by atoms with van der Waals surface area (Å²) in [6, 6.07) is 20.8. The fourth-order valence-electron chi connectivity index (χ4n) is 3.61. The minimum Gasteiger partial charge on any atom is -0.482 e. The van der Waals surface area contributed by atoms with Gasteiger partial charge < -0.3 is 15.0 Å². The van der Waals surface area contributed by atoms with E-state index in [1.807, 2.05) is 44.2 Å². The average molecular weight is 548 g/mol. The van der Waals surface area contributed by atoms with E-state index in [0.29, 0.717) is 39.3 Å². The zero-order chi connectivity index (χ0) is 26.1. The molecule has 5 nitrogen and oxygen atoms in total. The maximum absolute atomic E-state index is 13.6. The first-order valence-electron chi connectivity index (χ1n) is 11.7. The second-order valence-corrected chi connectivity index (χ2v) is 10.0. The number of halogens is 3. The molecule has 0 spiro atoms. The van der Waals surface area contributed by atoms with E-state index < -0.39 is 11.9 Å². The van der Waals surface area contributed by atoms with E-state index in [0.717, 1.165) is 5.56 Å². The number of rotatable bonds is 11. The molecule has 0 saturated carbocycles. The van der Waals surface area contributed by atoms with E-state index in [2.05, 4.69) is 5.32 Å². The number of amides is 2. The number of nitrogens with one attached hydrogen (secondary N) is 1. The van der Waals surface area contributed by atoms with Crippen molar-refractivity contribution < 1.29 is 14.3 Å². The standard InChI is InChI=1S/C28H29Cl3N2O3/c1-19(2)16-32-28(35)25(15-20-9-4-3-5-10-20)33(17-21-22(29)12-8-13-23(21)30)27(34)18-36-26-14-7-6-11-24(26)31/h3-14,19,25H,15-18H2,1-2H3,(H,32,35)/t25-/m0/s1. The molecule has 0 fully saturated rings. The molecule has 190 valence electrons. The van der Waals surface area contributed by atoms with E-state index in [-0.39, 0.29) is 25.0 Å². The Balaban J connectivity index is 1.96. The smallest absolute Gasteiger partial charge is 0.261 e. The Kier molecular flexibility index (Phi) is 10.5. The molecule has 1 atom stereocenters. The maximum atomic E-state index is 13.6. The molecule has 0 unspecified atom stereocenters. The van der Waals surface area contributed by atoms with Crippen molar-refractivity contribution in [3.8, 4) is 5.75 Å². The normalized spacial score (nSPS) is 11.7. The Morgan fingerprint density at radius 1 is 0.861 bits per heavy atom. The summed E-state index contributed by atoms with van der Waals surface area (Å²) in [5.74, 6) is -0.0301. The summed E-state index contributed by atoms with van der Waals surface area (Å²) >= 11 is 19.1. The maximum Gasteiger partial charge on any atom is 0.261 e. The summed E-state index contributed by atoms with van der Waals surface area (Å²) in [5, 5.41) is 4.19. The lowest BCUT2D eigenvalue weighted by molar-refractivity contribution is -0.142. The molecule has 2 amide bonds. The minimum absolute atomic E-state index is 0.0375. The Hall–Kier alpha value is -2.73. The average Bonchev–Trinajstić information content (AvgIpc) is 2.86. The zero-order valence-electron chi connectivity index (χ0n) is 20.2. The van der Waals surface area contributed by atoms with Gasteiger partial charge in [-0.3, -0.25) is 9.59 Å². The molecule has 3 aromatic carbocycles. The number of carbonyl (C=O) groups excluding carboxylic acids is 2. The first-order chi connectivity index (χ1) is 17.3. The van der Waals surface area contributed by atoms with Gasteiger partial charge in [0.15, 0.2) is 6.61 Å². The Labute approximate surface area is 227 Å². The number of nitrogens with zero attached hydrogens (tertiary/aromatic N) is 1. The van der Waals surface area contributed by atoms with Gasteiger partial charge in [0.05, 0.1) is 5.02 Å². The van der Waals surface area contributed by atoms with Gasteiger partial charge in [0.2, 0.25) is 5.91 Å². The molecular formula is C28H29Cl3N2O3. The van der Waals surface area contributed by atoms with Crippen LogP contribution in [-0.2, 0) is 22.6 Å². The van der Waals surface area contributed by atoms with Crippen LogP contribution in [0.2, 0.25) is 15.1 Å². The molecule has 3 aromatic rings. The Bertz CT molecular complexity index is 1150. The fraction of sp³-hybridized carbons (Fsp3) is 0.286. The molecule has 0 radical (unpaired) electrons. The SMILES string of the molecule is CC(C)CNC(=O)[C@H](Cc1ccccc1)N(Cc1c(Cl)cccc1Cl)C(=O)COc1ccccc1Cl. The van der Waals surface area contributed by atoms with Crippen LogP contribution in [0.15, 0.2) is 72.8 Å². The first kappa shape index (κ1) is 27.9. The van der Waals surface area contributed by atoms with E-state index in [1.165, 1.54) is 4.90 Å². The van der Waals surface area contributed by atoms with Crippen LogP contribution in [0.5, 0.6) is 5.75 Å². The van der Waals surface area contributed by atoms with Crippen LogP contribution in [0.4, 0.5) is 0 Å². The highest BCUT2D eigenvalue weighted by molar-refractivity contribution is 6.36. The van der Waals surface area contributed by atoms with Crippen LogP contribution in [0.3, 0.4) is 0 Å². The summed E-state index contributed by atoms with van der Waals surface area (Å²) in [4.78, 5) is 28.6. The first-order valence-corrected chi connectivity index (χ1v) is 12.8. The molecule has 0 saturated heterocycles.